The van der Waals surface area contributed by atoms with Crippen LogP contribution in [0.3, 0.4) is 0 Å². The molecular weight excluding hydrogens is 284 g/mol. The number of nitro groups is 1. The second kappa shape index (κ2) is 6.04. The summed E-state index contributed by atoms with van der Waals surface area (Å²) in [6, 6.07) is 10.8. The molecule has 0 radical (unpaired) electrons. The lowest BCUT2D eigenvalue weighted by Gasteiger charge is -2.03. The van der Waals surface area contributed by atoms with Crippen LogP contribution >= 0.6 is 23.4 Å². The Balaban J connectivity index is 2.13. The van der Waals surface area contributed by atoms with Crippen LogP contribution in [0, 0.1) is 17.0 Å². The third-order valence-corrected chi connectivity index (χ3v) is 3.61. The van der Waals surface area contributed by atoms with Crippen LogP contribution in [0.5, 0.6) is 0 Å². The van der Waals surface area contributed by atoms with Gasteiger partial charge in [-0.05, 0) is 12.5 Å². The van der Waals surface area contributed by atoms with E-state index >= 15 is 0 Å². The molecule has 19 heavy (non-hydrogen) atoms. The summed E-state index contributed by atoms with van der Waals surface area (Å²) in [4.78, 5) is 14.3. The van der Waals surface area contributed by atoms with Crippen LogP contribution in [0.1, 0.15) is 11.1 Å². The van der Waals surface area contributed by atoms with E-state index in [1.54, 1.807) is 0 Å². The monoisotopic (exact) mass is 294 g/mol. The fourth-order valence-corrected chi connectivity index (χ4v) is 2.71. The predicted octanol–water partition coefficient (Wildman–Crippen LogP) is 4.24. The zero-order valence-corrected chi connectivity index (χ0v) is 11.7. The highest BCUT2D eigenvalue weighted by Crippen LogP contribution is 2.27. The van der Waals surface area contributed by atoms with Crippen LogP contribution in [0.4, 0.5) is 5.69 Å². The number of hydrogen-bond donors (Lipinski definition) is 0. The summed E-state index contributed by atoms with van der Waals surface area (Å²) >= 11 is 7.20. The first-order valence-electron chi connectivity index (χ1n) is 5.55. The van der Waals surface area contributed by atoms with Gasteiger partial charge in [0.05, 0.1) is 11.0 Å². The molecule has 0 unspecified atom stereocenters. The second-order valence-corrected chi connectivity index (χ2v) is 5.40. The van der Waals surface area contributed by atoms with Gasteiger partial charge in [-0.15, -0.1) is 11.8 Å². The van der Waals surface area contributed by atoms with E-state index in [0.717, 1.165) is 5.56 Å². The first kappa shape index (κ1) is 13.8. The third-order valence-electron chi connectivity index (χ3n) is 2.44. The van der Waals surface area contributed by atoms with E-state index in [2.05, 4.69) is 11.1 Å². The Hall–Kier alpha value is -1.59. The summed E-state index contributed by atoms with van der Waals surface area (Å²) in [7, 11) is 0. The Morgan fingerprint density at radius 2 is 2.16 bits per heavy atom. The molecule has 2 rings (SSSR count). The summed E-state index contributed by atoms with van der Waals surface area (Å²) in [5.41, 5.74) is 2.30. The number of aryl methyl sites for hydroxylation is 1. The van der Waals surface area contributed by atoms with E-state index in [0.29, 0.717) is 10.8 Å². The number of nitrogens with zero attached hydrogens (tertiary/aromatic N) is 2. The molecule has 0 N–H and O–H groups in total. The summed E-state index contributed by atoms with van der Waals surface area (Å²) in [6.07, 6.45) is 0. The second-order valence-electron chi connectivity index (χ2n) is 4.02. The quantitative estimate of drug-likeness (QED) is 0.366. The van der Waals surface area contributed by atoms with E-state index < -0.39 is 4.92 Å². The van der Waals surface area contributed by atoms with Gasteiger partial charge >= 0.3 is 0 Å². The number of hydrogen-bond acceptors (Lipinski definition) is 4. The molecule has 0 amide bonds. The number of aromatic nitrogens is 1. The van der Waals surface area contributed by atoms with Gasteiger partial charge in [0.25, 0.3) is 5.69 Å². The minimum absolute atomic E-state index is 0.0354. The minimum atomic E-state index is -0.468. The van der Waals surface area contributed by atoms with Crippen molar-refractivity contribution in [1.29, 1.82) is 0 Å². The van der Waals surface area contributed by atoms with Crippen molar-refractivity contribution in [2.24, 2.45) is 0 Å². The van der Waals surface area contributed by atoms with E-state index in [1.807, 2.05) is 25.1 Å². The van der Waals surface area contributed by atoms with Crippen molar-refractivity contribution in [3.8, 4) is 0 Å². The van der Waals surface area contributed by atoms with Crippen molar-refractivity contribution in [1.82, 2.24) is 4.98 Å². The standard InChI is InChI=1S/C13H11ClN2O2S/c1-9-3-2-4-10(5-9)8-19-13-7-11(16(17)18)6-12(14)15-13/h2-7H,8H2,1H3. The molecular formula is C13H11ClN2O2S. The van der Waals surface area contributed by atoms with Gasteiger partial charge in [-0.25, -0.2) is 4.98 Å². The van der Waals surface area contributed by atoms with Crippen molar-refractivity contribution < 1.29 is 4.92 Å². The largest absolute Gasteiger partial charge is 0.275 e. The van der Waals surface area contributed by atoms with Gasteiger partial charge in [0.2, 0.25) is 0 Å². The zero-order valence-electron chi connectivity index (χ0n) is 10.2. The molecule has 2 aromatic rings. The highest BCUT2D eigenvalue weighted by Gasteiger charge is 2.10. The summed E-state index contributed by atoms with van der Waals surface area (Å²) in [5.74, 6) is 0.701. The average molecular weight is 295 g/mol. The van der Waals surface area contributed by atoms with Crippen LogP contribution in [-0.2, 0) is 5.75 Å². The Morgan fingerprint density at radius 3 is 2.84 bits per heavy atom. The highest BCUT2D eigenvalue weighted by atomic mass is 35.5. The molecule has 1 aromatic carbocycles. The molecule has 0 atom stereocenters. The van der Waals surface area contributed by atoms with E-state index in [4.69, 9.17) is 11.6 Å². The molecule has 6 heteroatoms. The molecule has 98 valence electrons. The number of benzene rings is 1. The predicted molar refractivity (Wildman–Crippen MR) is 76.6 cm³/mol. The fraction of sp³-hybridized carbons (Fsp3) is 0.154. The molecule has 1 heterocycles. The van der Waals surface area contributed by atoms with Gasteiger partial charge in [-0.3, -0.25) is 10.1 Å². The van der Waals surface area contributed by atoms with Crippen LogP contribution in [0.2, 0.25) is 5.15 Å². The van der Waals surface area contributed by atoms with Crippen molar-refractivity contribution in [3.63, 3.8) is 0 Å². The fourth-order valence-electron chi connectivity index (χ4n) is 1.60. The van der Waals surface area contributed by atoms with Crippen LogP contribution in [0.15, 0.2) is 41.4 Å². The van der Waals surface area contributed by atoms with Gasteiger partial charge in [0, 0.05) is 11.8 Å². The number of pyridine rings is 1. The molecule has 0 aliphatic rings. The van der Waals surface area contributed by atoms with E-state index in [9.17, 15) is 10.1 Å². The molecule has 0 bridgehead atoms. The van der Waals surface area contributed by atoms with E-state index in [1.165, 1.54) is 29.5 Å². The maximum Gasteiger partial charge on any atom is 0.275 e. The molecule has 0 aliphatic heterocycles. The van der Waals surface area contributed by atoms with Crippen molar-refractivity contribution >= 4 is 29.1 Å². The summed E-state index contributed by atoms with van der Waals surface area (Å²) in [5, 5.41) is 11.4. The Kier molecular flexibility index (Phi) is 4.39. The van der Waals surface area contributed by atoms with Crippen LogP contribution in [-0.4, -0.2) is 9.91 Å². The lowest BCUT2D eigenvalue weighted by molar-refractivity contribution is -0.385. The van der Waals surface area contributed by atoms with E-state index in [-0.39, 0.29) is 10.8 Å². The maximum absolute atomic E-state index is 10.7. The number of halogens is 1. The van der Waals surface area contributed by atoms with Crippen molar-refractivity contribution in [3.05, 3.63) is 62.8 Å². The maximum atomic E-state index is 10.7. The minimum Gasteiger partial charge on any atom is -0.258 e. The first-order chi connectivity index (χ1) is 9.04. The lowest BCUT2D eigenvalue weighted by atomic mass is 10.2. The number of thioether (sulfide) groups is 1. The topological polar surface area (TPSA) is 56.0 Å². The highest BCUT2D eigenvalue weighted by molar-refractivity contribution is 7.98. The normalized spacial score (nSPS) is 10.4. The summed E-state index contributed by atoms with van der Waals surface area (Å²) in [6.45, 7) is 2.02. The third kappa shape index (κ3) is 3.94. The molecule has 0 spiro atoms. The average Bonchev–Trinajstić information content (AvgIpc) is 2.36. The van der Waals surface area contributed by atoms with Gasteiger partial charge < -0.3 is 0 Å². The Labute approximate surface area is 120 Å². The Bertz CT molecular complexity index is 619. The Morgan fingerprint density at radius 1 is 1.37 bits per heavy atom. The summed E-state index contributed by atoms with van der Waals surface area (Å²) < 4.78 is 0. The molecule has 0 fully saturated rings. The van der Waals surface area contributed by atoms with Crippen molar-refractivity contribution in [2.45, 2.75) is 17.7 Å². The van der Waals surface area contributed by atoms with Crippen LogP contribution in [0.25, 0.3) is 0 Å². The molecule has 0 saturated carbocycles. The molecule has 0 aliphatic carbocycles. The van der Waals surface area contributed by atoms with Crippen molar-refractivity contribution in [2.75, 3.05) is 0 Å². The zero-order chi connectivity index (χ0) is 13.8. The van der Waals surface area contributed by atoms with Crippen LogP contribution < -0.4 is 0 Å². The lowest BCUT2D eigenvalue weighted by Crippen LogP contribution is -1.91. The van der Waals surface area contributed by atoms with Gasteiger partial charge in [-0.1, -0.05) is 41.4 Å². The van der Waals surface area contributed by atoms with Gasteiger partial charge in [0.1, 0.15) is 10.2 Å². The number of rotatable bonds is 4. The van der Waals surface area contributed by atoms with Gasteiger partial charge in [0.15, 0.2) is 0 Å². The first-order valence-corrected chi connectivity index (χ1v) is 6.91. The SMILES string of the molecule is Cc1cccc(CSc2cc([N+](=O)[O-])cc(Cl)n2)c1. The van der Waals surface area contributed by atoms with Gasteiger partial charge in [-0.2, -0.15) is 0 Å². The molecule has 1 aromatic heterocycles. The molecule has 4 nitrogen and oxygen atoms in total. The molecule has 0 saturated heterocycles. The smallest absolute Gasteiger partial charge is 0.258 e.